The van der Waals surface area contributed by atoms with Gasteiger partial charge in [0.25, 0.3) is 0 Å². The largest absolute Gasteiger partial charge is 0.493 e. The van der Waals surface area contributed by atoms with E-state index in [4.69, 9.17) is 30.9 Å². The van der Waals surface area contributed by atoms with Gasteiger partial charge in [-0.1, -0.05) is 11.6 Å². The maximum atomic E-state index is 9.12. The lowest BCUT2D eigenvalue weighted by atomic mass is 10.1. The third-order valence-electron chi connectivity index (χ3n) is 2.97. The van der Waals surface area contributed by atoms with Crippen LogP contribution < -0.4 is 9.47 Å². The molecule has 4 nitrogen and oxygen atoms in total. The molecule has 19 heavy (non-hydrogen) atoms. The lowest BCUT2D eigenvalue weighted by Crippen LogP contribution is -2.25. The fourth-order valence-electron chi connectivity index (χ4n) is 1.51. The second kappa shape index (κ2) is 6.98. The minimum Gasteiger partial charge on any atom is -0.493 e. The molecule has 1 rings (SSSR count). The monoisotopic (exact) mass is 288 g/mol. The van der Waals surface area contributed by atoms with Crippen LogP contribution in [0.5, 0.6) is 11.5 Å². The van der Waals surface area contributed by atoms with Crippen molar-refractivity contribution in [3.8, 4) is 11.5 Å². The SMILES string of the molecule is COc1cc(CO)cc(Cl)c1OCCC(C)(C)OC. The van der Waals surface area contributed by atoms with Gasteiger partial charge in [0.2, 0.25) is 0 Å². The molecule has 0 aliphatic carbocycles. The Morgan fingerprint density at radius 3 is 2.47 bits per heavy atom. The molecule has 0 aromatic heterocycles. The Hall–Kier alpha value is -0.970. The molecule has 0 aliphatic rings. The van der Waals surface area contributed by atoms with Crippen LogP contribution in [0.15, 0.2) is 12.1 Å². The van der Waals surface area contributed by atoms with Crippen LogP contribution in [-0.2, 0) is 11.3 Å². The van der Waals surface area contributed by atoms with Crippen molar-refractivity contribution in [1.29, 1.82) is 0 Å². The van der Waals surface area contributed by atoms with Gasteiger partial charge in [-0.3, -0.25) is 0 Å². The Balaban J connectivity index is 2.78. The first kappa shape index (κ1) is 16.1. The Morgan fingerprint density at radius 2 is 1.95 bits per heavy atom. The molecule has 0 heterocycles. The second-order valence-corrected chi connectivity index (χ2v) is 5.24. The van der Waals surface area contributed by atoms with E-state index in [0.717, 1.165) is 6.42 Å². The Labute approximate surface area is 119 Å². The molecular formula is C14H21ClO4. The zero-order valence-electron chi connectivity index (χ0n) is 11.8. The first-order valence-corrected chi connectivity index (χ1v) is 6.46. The highest BCUT2D eigenvalue weighted by Crippen LogP contribution is 2.36. The highest BCUT2D eigenvalue weighted by molar-refractivity contribution is 6.32. The van der Waals surface area contributed by atoms with Crippen molar-refractivity contribution < 1.29 is 19.3 Å². The maximum absolute atomic E-state index is 9.12. The second-order valence-electron chi connectivity index (χ2n) is 4.83. The molecule has 5 heteroatoms. The van der Waals surface area contributed by atoms with Gasteiger partial charge in [0, 0.05) is 13.5 Å². The van der Waals surface area contributed by atoms with Crippen LogP contribution in [-0.4, -0.2) is 31.5 Å². The number of aliphatic hydroxyl groups excluding tert-OH is 1. The molecule has 0 saturated heterocycles. The van der Waals surface area contributed by atoms with E-state index < -0.39 is 0 Å². The Kier molecular flexibility index (Phi) is 5.91. The average molecular weight is 289 g/mol. The van der Waals surface area contributed by atoms with Gasteiger partial charge in [0.15, 0.2) is 11.5 Å². The number of methoxy groups -OCH3 is 2. The minimum absolute atomic E-state index is 0.0902. The average Bonchev–Trinajstić information content (AvgIpc) is 2.39. The first-order chi connectivity index (χ1) is 8.93. The minimum atomic E-state index is -0.245. The van der Waals surface area contributed by atoms with Crippen molar-refractivity contribution in [2.45, 2.75) is 32.5 Å². The highest BCUT2D eigenvalue weighted by Gasteiger charge is 2.18. The Bertz CT molecular complexity index is 418. The predicted molar refractivity (Wildman–Crippen MR) is 75.1 cm³/mol. The van der Waals surface area contributed by atoms with Gasteiger partial charge < -0.3 is 19.3 Å². The third-order valence-corrected chi connectivity index (χ3v) is 3.26. The van der Waals surface area contributed by atoms with Crippen LogP contribution >= 0.6 is 11.6 Å². The number of halogens is 1. The lowest BCUT2D eigenvalue weighted by molar-refractivity contribution is 0.00525. The zero-order chi connectivity index (χ0) is 14.5. The summed E-state index contributed by atoms with van der Waals surface area (Å²) < 4.78 is 16.2. The number of ether oxygens (including phenoxy) is 3. The van der Waals surface area contributed by atoms with Gasteiger partial charge in [-0.2, -0.15) is 0 Å². The summed E-state index contributed by atoms with van der Waals surface area (Å²) in [5, 5.41) is 9.55. The molecule has 0 fully saturated rings. The van der Waals surface area contributed by atoms with Crippen molar-refractivity contribution in [3.63, 3.8) is 0 Å². The van der Waals surface area contributed by atoms with Crippen LogP contribution in [0, 0.1) is 0 Å². The van der Waals surface area contributed by atoms with Crippen molar-refractivity contribution in [3.05, 3.63) is 22.7 Å². The molecule has 0 saturated carbocycles. The summed E-state index contributed by atoms with van der Waals surface area (Å²) in [5.41, 5.74) is 0.441. The molecule has 0 amide bonds. The predicted octanol–water partition coefficient (Wildman–Crippen LogP) is 3.03. The molecule has 1 N–H and O–H groups in total. The summed E-state index contributed by atoms with van der Waals surface area (Å²) in [6.07, 6.45) is 0.727. The topological polar surface area (TPSA) is 47.9 Å². The van der Waals surface area contributed by atoms with E-state index in [9.17, 15) is 0 Å². The number of benzene rings is 1. The molecule has 108 valence electrons. The summed E-state index contributed by atoms with van der Waals surface area (Å²) in [5.74, 6) is 1.01. The summed E-state index contributed by atoms with van der Waals surface area (Å²) in [7, 11) is 3.21. The van der Waals surface area contributed by atoms with E-state index >= 15 is 0 Å². The van der Waals surface area contributed by atoms with Crippen LogP contribution in [0.2, 0.25) is 5.02 Å². The van der Waals surface area contributed by atoms with E-state index in [1.807, 2.05) is 13.8 Å². The standard InChI is InChI=1S/C14H21ClO4/c1-14(2,18-4)5-6-19-13-11(15)7-10(9-16)8-12(13)17-3/h7-8,16H,5-6,9H2,1-4H3. The normalized spacial score (nSPS) is 11.5. The van der Waals surface area contributed by atoms with E-state index in [1.54, 1.807) is 26.4 Å². The highest BCUT2D eigenvalue weighted by atomic mass is 35.5. The van der Waals surface area contributed by atoms with Gasteiger partial charge in [0.05, 0.1) is 30.9 Å². The summed E-state index contributed by atoms with van der Waals surface area (Å²) in [6.45, 7) is 4.36. The number of aliphatic hydroxyl groups is 1. The van der Waals surface area contributed by atoms with E-state index in [-0.39, 0.29) is 12.2 Å². The molecule has 0 spiro atoms. The fraction of sp³-hybridized carbons (Fsp3) is 0.571. The van der Waals surface area contributed by atoms with Gasteiger partial charge >= 0.3 is 0 Å². The van der Waals surface area contributed by atoms with Crippen LogP contribution in [0.25, 0.3) is 0 Å². The summed E-state index contributed by atoms with van der Waals surface area (Å²) in [6, 6.07) is 3.38. The van der Waals surface area contributed by atoms with Crippen molar-refractivity contribution in [1.82, 2.24) is 0 Å². The van der Waals surface area contributed by atoms with Crippen LogP contribution in [0.1, 0.15) is 25.8 Å². The quantitative estimate of drug-likeness (QED) is 0.838. The number of rotatable bonds is 7. The van der Waals surface area contributed by atoms with Gasteiger partial charge in [-0.15, -0.1) is 0 Å². The first-order valence-electron chi connectivity index (χ1n) is 6.08. The lowest BCUT2D eigenvalue weighted by Gasteiger charge is -2.23. The molecule has 1 aromatic rings. The van der Waals surface area contributed by atoms with E-state index in [1.165, 1.54) is 0 Å². The van der Waals surface area contributed by atoms with Gasteiger partial charge in [0.1, 0.15) is 0 Å². The van der Waals surface area contributed by atoms with Gasteiger partial charge in [-0.05, 0) is 31.5 Å². The smallest absolute Gasteiger partial charge is 0.179 e. The molecule has 1 aromatic carbocycles. The fourth-order valence-corrected chi connectivity index (χ4v) is 1.79. The van der Waals surface area contributed by atoms with Gasteiger partial charge in [-0.25, -0.2) is 0 Å². The number of hydrogen-bond acceptors (Lipinski definition) is 4. The molecule has 0 bridgehead atoms. The maximum Gasteiger partial charge on any atom is 0.179 e. The summed E-state index contributed by atoms with van der Waals surface area (Å²) in [4.78, 5) is 0. The summed E-state index contributed by atoms with van der Waals surface area (Å²) >= 11 is 6.13. The Morgan fingerprint density at radius 1 is 1.26 bits per heavy atom. The van der Waals surface area contributed by atoms with E-state index in [0.29, 0.717) is 28.7 Å². The van der Waals surface area contributed by atoms with Crippen LogP contribution in [0.3, 0.4) is 0 Å². The molecular weight excluding hydrogens is 268 g/mol. The van der Waals surface area contributed by atoms with Crippen molar-refractivity contribution >= 4 is 11.6 Å². The van der Waals surface area contributed by atoms with Crippen LogP contribution in [0.4, 0.5) is 0 Å². The zero-order valence-corrected chi connectivity index (χ0v) is 12.6. The molecule has 0 unspecified atom stereocenters. The molecule has 0 aliphatic heterocycles. The number of hydrogen-bond donors (Lipinski definition) is 1. The van der Waals surface area contributed by atoms with Crippen molar-refractivity contribution in [2.75, 3.05) is 20.8 Å². The molecule has 0 radical (unpaired) electrons. The van der Waals surface area contributed by atoms with Crippen molar-refractivity contribution in [2.24, 2.45) is 0 Å². The van der Waals surface area contributed by atoms with E-state index in [2.05, 4.69) is 0 Å². The third kappa shape index (κ3) is 4.56. The molecule has 0 atom stereocenters.